The number of amidine groups is 1. The van der Waals surface area contributed by atoms with Gasteiger partial charge in [0.2, 0.25) is 5.91 Å². The van der Waals surface area contributed by atoms with E-state index < -0.39 is 12.0 Å². The number of carbonyl (C=O) groups excluding carboxylic acids is 2. The van der Waals surface area contributed by atoms with Crippen molar-refractivity contribution in [2.75, 3.05) is 40.4 Å². The van der Waals surface area contributed by atoms with Gasteiger partial charge in [-0.3, -0.25) is 4.79 Å². The van der Waals surface area contributed by atoms with E-state index in [2.05, 4.69) is 10.2 Å². The summed E-state index contributed by atoms with van der Waals surface area (Å²) in [6, 6.07) is 7.20. The molecule has 3 heterocycles. The zero-order valence-electron chi connectivity index (χ0n) is 20.7. The van der Waals surface area contributed by atoms with Crippen LogP contribution in [0.25, 0.3) is 0 Å². The van der Waals surface area contributed by atoms with E-state index in [1.165, 1.54) is 38.1 Å². The first-order chi connectivity index (χ1) is 17.0. The van der Waals surface area contributed by atoms with Crippen LogP contribution in [0.5, 0.6) is 5.75 Å². The van der Waals surface area contributed by atoms with Gasteiger partial charge < -0.3 is 24.6 Å². The summed E-state index contributed by atoms with van der Waals surface area (Å²) >= 11 is 1.48. The van der Waals surface area contributed by atoms with Crippen molar-refractivity contribution < 1.29 is 19.1 Å². The molecule has 3 aliphatic heterocycles. The number of likely N-dealkylation sites (tertiary alicyclic amines) is 1. The average Bonchev–Trinajstić information content (AvgIpc) is 3.29. The van der Waals surface area contributed by atoms with E-state index in [0.29, 0.717) is 30.0 Å². The van der Waals surface area contributed by atoms with Crippen molar-refractivity contribution in [1.29, 1.82) is 0 Å². The van der Waals surface area contributed by atoms with E-state index in [0.717, 1.165) is 36.1 Å². The van der Waals surface area contributed by atoms with Crippen LogP contribution in [0.4, 0.5) is 0 Å². The van der Waals surface area contributed by atoms with Crippen LogP contribution in [0.3, 0.4) is 0 Å². The van der Waals surface area contributed by atoms with E-state index in [4.69, 9.17) is 14.5 Å². The number of piperidine rings is 1. The van der Waals surface area contributed by atoms with Gasteiger partial charge in [-0.2, -0.15) is 0 Å². The molecule has 0 spiro atoms. The maximum atomic E-state index is 13.0. The van der Waals surface area contributed by atoms with E-state index in [-0.39, 0.29) is 12.3 Å². The van der Waals surface area contributed by atoms with Crippen molar-refractivity contribution in [3.05, 3.63) is 52.2 Å². The summed E-state index contributed by atoms with van der Waals surface area (Å²) < 4.78 is 10.6. The van der Waals surface area contributed by atoms with Gasteiger partial charge in [0.15, 0.2) is 5.17 Å². The fourth-order valence-electron chi connectivity index (χ4n) is 4.80. The number of hydrogen-bond acceptors (Lipinski definition) is 8. The summed E-state index contributed by atoms with van der Waals surface area (Å²) in [5, 5.41) is 5.79. The zero-order chi connectivity index (χ0) is 24.8. The lowest BCUT2D eigenvalue weighted by Crippen LogP contribution is -2.40. The lowest BCUT2D eigenvalue weighted by Gasteiger charge is -2.36. The second kappa shape index (κ2) is 11.8. The zero-order valence-corrected chi connectivity index (χ0v) is 21.5. The third-order valence-corrected chi connectivity index (χ3v) is 7.47. The number of amides is 1. The molecule has 1 fully saturated rings. The highest BCUT2D eigenvalue weighted by atomic mass is 32.2. The summed E-state index contributed by atoms with van der Waals surface area (Å²) in [6.07, 6.45) is 4.56. The van der Waals surface area contributed by atoms with Crippen LogP contribution >= 0.6 is 11.8 Å². The summed E-state index contributed by atoms with van der Waals surface area (Å²) in [4.78, 5) is 35.0. The molecule has 1 saturated heterocycles. The predicted octanol–water partition coefficient (Wildman–Crippen LogP) is 3.83. The number of nitrogens with zero attached hydrogens (tertiary/aromatic N) is 3. The Hall–Kier alpha value is -2.78. The number of methoxy groups -OCH3 is 2. The molecule has 0 aromatic heterocycles. The van der Waals surface area contributed by atoms with Gasteiger partial charge in [0.25, 0.3) is 0 Å². The molecule has 0 bridgehead atoms. The Morgan fingerprint density at radius 2 is 2.00 bits per heavy atom. The van der Waals surface area contributed by atoms with Gasteiger partial charge in [-0.15, -0.1) is 0 Å². The number of nitrogens with one attached hydrogen (secondary N) is 1. The van der Waals surface area contributed by atoms with Gasteiger partial charge in [-0.25, -0.2) is 9.79 Å². The Balaban J connectivity index is 1.55. The molecule has 188 valence electrons. The summed E-state index contributed by atoms with van der Waals surface area (Å²) in [5.74, 6) is 0.241. The number of hydrogen-bond donors (Lipinski definition) is 1. The molecule has 3 aliphatic rings. The molecule has 9 heteroatoms. The first-order valence-corrected chi connectivity index (χ1v) is 13.1. The quantitative estimate of drug-likeness (QED) is 0.518. The molecule has 0 unspecified atom stereocenters. The maximum absolute atomic E-state index is 13.0. The maximum Gasteiger partial charge on any atom is 0.338 e. The number of rotatable bonds is 9. The molecular formula is C26H34N4O4S. The number of thioether (sulfide) groups is 1. The Morgan fingerprint density at radius 3 is 2.71 bits per heavy atom. The third-order valence-electron chi connectivity index (χ3n) is 6.58. The van der Waals surface area contributed by atoms with Gasteiger partial charge in [0, 0.05) is 18.8 Å². The molecule has 0 saturated carbocycles. The Morgan fingerprint density at radius 1 is 1.20 bits per heavy atom. The molecule has 8 nitrogen and oxygen atoms in total. The van der Waals surface area contributed by atoms with Crippen LogP contribution in [-0.4, -0.2) is 67.2 Å². The summed E-state index contributed by atoms with van der Waals surface area (Å²) in [7, 11) is 3.00. The Labute approximate surface area is 211 Å². The molecule has 1 aromatic carbocycles. The molecule has 1 amide bonds. The minimum absolute atomic E-state index is 0.0376. The van der Waals surface area contributed by atoms with Crippen LogP contribution in [0.2, 0.25) is 0 Å². The van der Waals surface area contributed by atoms with Crippen LogP contribution in [0.15, 0.2) is 51.6 Å². The highest BCUT2D eigenvalue weighted by molar-refractivity contribution is 8.16. The van der Waals surface area contributed by atoms with Gasteiger partial charge in [-0.05, 0) is 55.5 Å². The second-order valence-electron chi connectivity index (χ2n) is 8.81. The normalized spacial score (nSPS) is 20.2. The fraction of sp³-hybridized carbons (Fsp3) is 0.500. The van der Waals surface area contributed by atoms with E-state index in [9.17, 15) is 9.59 Å². The van der Waals surface area contributed by atoms with Crippen LogP contribution in [0, 0.1) is 0 Å². The molecule has 35 heavy (non-hydrogen) atoms. The Kier molecular flexibility index (Phi) is 8.51. The Bertz CT molecular complexity index is 1050. The smallest absolute Gasteiger partial charge is 0.338 e. The molecule has 0 aliphatic carbocycles. The van der Waals surface area contributed by atoms with Crippen molar-refractivity contribution in [1.82, 2.24) is 15.1 Å². The molecular weight excluding hydrogens is 464 g/mol. The van der Waals surface area contributed by atoms with Crippen molar-refractivity contribution in [2.45, 2.75) is 45.1 Å². The molecule has 1 N–H and O–H groups in total. The number of benzene rings is 1. The van der Waals surface area contributed by atoms with Gasteiger partial charge in [0.1, 0.15) is 5.75 Å². The van der Waals surface area contributed by atoms with Gasteiger partial charge >= 0.3 is 5.97 Å². The molecule has 4 rings (SSSR count). The van der Waals surface area contributed by atoms with Crippen molar-refractivity contribution in [3.63, 3.8) is 0 Å². The highest BCUT2D eigenvalue weighted by Crippen LogP contribution is 2.45. The number of esters is 1. The lowest BCUT2D eigenvalue weighted by atomic mass is 9.92. The van der Waals surface area contributed by atoms with Crippen LogP contribution in [0.1, 0.15) is 50.6 Å². The SMILES string of the molecule is CCC1=C(C(=O)OC)[C@H](c2cccc(OC)c2)N2C(CC(=O)NCCN3CCCCC3)=CSC2=N1. The molecule has 0 radical (unpaired) electrons. The van der Waals surface area contributed by atoms with Gasteiger partial charge in [0.05, 0.1) is 38.0 Å². The highest BCUT2D eigenvalue weighted by Gasteiger charge is 2.41. The average molecular weight is 499 g/mol. The number of carbonyl (C=O) groups is 2. The summed E-state index contributed by atoms with van der Waals surface area (Å²) in [6.45, 7) is 5.69. The summed E-state index contributed by atoms with van der Waals surface area (Å²) in [5.41, 5.74) is 2.88. The minimum Gasteiger partial charge on any atom is -0.497 e. The van der Waals surface area contributed by atoms with E-state index in [1.807, 2.05) is 41.5 Å². The van der Waals surface area contributed by atoms with E-state index >= 15 is 0 Å². The fourth-order valence-corrected chi connectivity index (χ4v) is 5.74. The predicted molar refractivity (Wildman–Crippen MR) is 138 cm³/mol. The number of fused-ring (bicyclic) bond motifs is 1. The van der Waals surface area contributed by atoms with Gasteiger partial charge in [-0.1, -0.05) is 37.2 Å². The monoisotopic (exact) mass is 498 g/mol. The standard InChI is InChI=1S/C26H34N4O4S/c1-4-21-23(25(32)34-3)24(18-9-8-10-20(15-18)33-2)30-19(17-35-26(30)28-21)16-22(31)27-11-14-29-12-6-5-7-13-29/h8-10,15,17,24H,4-7,11-14,16H2,1-3H3,(H,27,31)/t24-/m0/s1. The topological polar surface area (TPSA) is 83.5 Å². The minimum atomic E-state index is -0.456. The van der Waals surface area contributed by atoms with Crippen molar-refractivity contribution >= 4 is 28.8 Å². The van der Waals surface area contributed by atoms with E-state index in [1.54, 1.807) is 7.11 Å². The number of aliphatic imine (C=N–C) groups is 1. The number of ether oxygens (including phenoxy) is 2. The number of allylic oxidation sites excluding steroid dienone is 1. The largest absolute Gasteiger partial charge is 0.497 e. The first-order valence-electron chi connectivity index (χ1n) is 12.2. The van der Waals surface area contributed by atoms with Crippen LogP contribution in [-0.2, 0) is 14.3 Å². The molecule has 1 atom stereocenters. The lowest BCUT2D eigenvalue weighted by molar-refractivity contribution is -0.136. The second-order valence-corrected chi connectivity index (χ2v) is 9.64. The third kappa shape index (κ3) is 5.73. The van der Waals surface area contributed by atoms with Crippen LogP contribution < -0.4 is 10.1 Å². The van der Waals surface area contributed by atoms with Crippen molar-refractivity contribution in [2.24, 2.45) is 4.99 Å². The van der Waals surface area contributed by atoms with Crippen molar-refractivity contribution in [3.8, 4) is 5.75 Å². The first kappa shape index (κ1) is 25.3. The molecule has 1 aromatic rings.